The number of rotatable bonds is 28. The second-order valence-corrected chi connectivity index (χ2v) is 21.1. The highest BCUT2D eigenvalue weighted by atomic mass is 35.5. The van der Waals surface area contributed by atoms with E-state index in [0.29, 0.717) is 102 Å². The fourth-order valence-electron chi connectivity index (χ4n) is 10.5. The molecule has 0 aliphatic carbocycles. The Hall–Kier alpha value is -7.64. The fourth-order valence-corrected chi connectivity index (χ4v) is 10.5. The van der Waals surface area contributed by atoms with Gasteiger partial charge >= 0.3 is 0 Å². The topological polar surface area (TPSA) is 239 Å². The van der Waals surface area contributed by atoms with Gasteiger partial charge in [0.25, 0.3) is 11.8 Å². The van der Waals surface area contributed by atoms with Gasteiger partial charge in [0, 0.05) is 37.3 Å². The van der Waals surface area contributed by atoms with Crippen LogP contribution >= 0.6 is 24.8 Å². The minimum atomic E-state index is -0.888. The molecule has 7 rings (SSSR count). The summed E-state index contributed by atoms with van der Waals surface area (Å²) in [5, 5.41) is 23.9. The summed E-state index contributed by atoms with van der Waals surface area (Å²) in [6.07, 6.45) is 4.82. The molecule has 18 nitrogen and oxygen atoms in total. The van der Waals surface area contributed by atoms with Crippen molar-refractivity contribution < 1.29 is 38.4 Å². The molecule has 2 aliphatic rings. The third kappa shape index (κ3) is 18.7. The van der Waals surface area contributed by atoms with Gasteiger partial charge in [0.05, 0.1) is 24.2 Å². The van der Waals surface area contributed by atoms with Crippen molar-refractivity contribution in [3.05, 3.63) is 179 Å². The van der Waals surface area contributed by atoms with Crippen molar-refractivity contribution in [2.45, 2.75) is 126 Å². The van der Waals surface area contributed by atoms with Crippen LogP contribution in [-0.4, -0.2) is 134 Å². The monoisotopic (exact) mass is 1190 g/mol. The molecule has 2 fully saturated rings. The van der Waals surface area contributed by atoms with Gasteiger partial charge in [-0.3, -0.25) is 38.4 Å². The lowest BCUT2D eigenvalue weighted by atomic mass is 9.98. The molecule has 5 aromatic carbocycles. The molecule has 6 atom stereocenters. The van der Waals surface area contributed by atoms with Crippen molar-refractivity contribution in [1.82, 2.24) is 52.3 Å². The van der Waals surface area contributed by atoms with E-state index < -0.39 is 48.3 Å². The number of nitrogens with one attached hydrogen (secondary N) is 8. The zero-order chi connectivity index (χ0) is 58.4. The average Bonchev–Trinajstić information content (AvgIpc) is 4.16. The predicted molar refractivity (Wildman–Crippen MR) is 329 cm³/mol. The Morgan fingerprint density at radius 2 is 0.750 bits per heavy atom. The Bertz CT molecular complexity index is 2640. The van der Waals surface area contributed by atoms with Gasteiger partial charge < -0.3 is 52.3 Å². The largest absolute Gasteiger partial charge is 0.352 e. The van der Waals surface area contributed by atoms with Gasteiger partial charge in [-0.25, -0.2) is 0 Å². The van der Waals surface area contributed by atoms with E-state index in [9.17, 15) is 38.4 Å². The Balaban J connectivity index is 0.00000645. The van der Waals surface area contributed by atoms with Crippen molar-refractivity contribution in [2.24, 2.45) is 0 Å². The minimum Gasteiger partial charge on any atom is -0.352 e. The summed E-state index contributed by atoms with van der Waals surface area (Å²) in [6, 6.07) is 39.8. The number of unbranched alkanes of at least 4 members (excludes halogenated alkanes) is 2. The zero-order valence-corrected chi connectivity index (χ0v) is 50.0. The van der Waals surface area contributed by atoms with Crippen molar-refractivity contribution in [2.75, 3.05) is 40.3 Å². The van der Waals surface area contributed by atoms with E-state index in [4.69, 9.17) is 0 Å². The van der Waals surface area contributed by atoms with Crippen LogP contribution in [-0.2, 0) is 28.8 Å². The lowest BCUT2D eigenvalue weighted by molar-refractivity contribution is -0.142. The molecule has 2 saturated heterocycles. The van der Waals surface area contributed by atoms with Gasteiger partial charge in [0.2, 0.25) is 35.4 Å². The predicted octanol–water partition coefficient (Wildman–Crippen LogP) is 6.31. The Morgan fingerprint density at radius 3 is 1.05 bits per heavy atom. The molecule has 2 heterocycles. The molecule has 0 bridgehead atoms. The molecular formula is C64H82Cl2N10O8. The minimum absolute atomic E-state index is 0. The standard InChI is InChI=1S/C64H80N10O8.2ClH/c1-43(65-3)57(75)69-51(63(81)73-41-21-33-53(73)61(79)71-55(45-23-9-5-10-24-45)46-25-11-6-12-26-46)31-17-19-39-67-59(77)49-35-37-50(38-36-49)60(78)68-40-20-18-32-52(70-58(76)44(2)66-4)64(82)74-42-22-34-54(74)62(80)72-56(47-27-13-7-14-28-47)48-29-15-8-16-30-48;;/h5-16,23-30,35-38,43-44,51-56,65-66H,17-22,31-34,39-42H2,1-4H3,(H,67,77)(H,68,78)(H,69,75)(H,70,76)(H,71,79)(H,72,80);2*1H/t43-,44-,51-,52-,53-,54-;;/m0../s1. The van der Waals surface area contributed by atoms with Crippen molar-refractivity contribution in [3.63, 3.8) is 0 Å². The van der Waals surface area contributed by atoms with Crippen molar-refractivity contribution in [3.8, 4) is 0 Å². The van der Waals surface area contributed by atoms with Gasteiger partial charge in [-0.2, -0.15) is 0 Å². The number of halogens is 2. The summed E-state index contributed by atoms with van der Waals surface area (Å²) < 4.78 is 0. The summed E-state index contributed by atoms with van der Waals surface area (Å²) in [7, 11) is 3.32. The van der Waals surface area contributed by atoms with E-state index in [0.717, 1.165) is 22.3 Å². The number of carbonyl (C=O) groups excluding carboxylic acids is 8. The molecule has 0 radical (unpaired) electrons. The van der Waals surface area contributed by atoms with Crippen LogP contribution in [0.4, 0.5) is 0 Å². The van der Waals surface area contributed by atoms with Gasteiger partial charge in [-0.1, -0.05) is 121 Å². The summed E-state index contributed by atoms with van der Waals surface area (Å²) in [4.78, 5) is 113. The molecule has 450 valence electrons. The molecule has 0 aromatic heterocycles. The molecule has 8 amide bonds. The van der Waals surface area contributed by atoms with Gasteiger partial charge in [-0.15, -0.1) is 24.8 Å². The lowest BCUT2D eigenvalue weighted by Crippen LogP contribution is -2.55. The van der Waals surface area contributed by atoms with Crippen LogP contribution in [0.1, 0.15) is 133 Å². The third-order valence-corrected chi connectivity index (χ3v) is 15.5. The second kappa shape index (κ2) is 34.2. The van der Waals surface area contributed by atoms with Crippen LogP contribution in [0.3, 0.4) is 0 Å². The first kappa shape index (κ1) is 67.2. The molecule has 20 heteroatoms. The van der Waals surface area contributed by atoms with Crippen LogP contribution in [0.15, 0.2) is 146 Å². The highest BCUT2D eigenvalue weighted by Crippen LogP contribution is 2.28. The SMILES string of the molecule is CN[C@@H](C)C(=O)N[C@@H](CCCCNC(=O)c1ccc(C(=O)NCCCC[C@H](NC(=O)[C@H](C)NC)C(=O)N2CCC[C@H]2C(=O)NC(c2ccccc2)c2ccccc2)cc1)C(=O)N1CCC[C@H]1C(=O)NC(c1ccccc1)c1ccccc1.Cl.Cl. The van der Waals surface area contributed by atoms with Crippen LogP contribution in [0.2, 0.25) is 0 Å². The first-order valence-corrected chi connectivity index (χ1v) is 28.8. The van der Waals surface area contributed by atoms with E-state index in [-0.39, 0.29) is 72.1 Å². The maximum absolute atomic E-state index is 14.3. The van der Waals surface area contributed by atoms with Crippen LogP contribution < -0.4 is 42.5 Å². The normalized spacial score (nSPS) is 16.0. The van der Waals surface area contributed by atoms with Gasteiger partial charge in [-0.05, 0) is 139 Å². The van der Waals surface area contributed by atoms with Crippen LogP contribution in [0.5, 0.6) is 0 Å². The molecule has 0 unspecified atom stereocenters. The summed E-state index contributed by atoms with van der Waals surface area (Å²) in [6.45, 7) is 4.75. The van der Waals surface area contributed by atoms with E-state index >= 15 is 0 Å². The molecule has 5 aromatic rings. The Labute approximate surface area is 506 Å². The van der Waals surface area contributed by atoms with Gasteiger partial charge in [0.1, 0.15) is 24.2 Å². The average molecular weight is 1190 g/mol. The third-order valence-electron chi connectivity index (χ3n) is 15.5. The van der Waals surface area contributed by atoms with Crippen LogP contribution in [0.25, 0.3) is 0 Å². The molecule has 8 N–H and O–H groups in total. The highest BCUT2D eigenvalue weighted by Gasteiger charge is 2.40. The number of likely N-dealkylation sites (tertiary alicyclic amines) is 2. The Morgan fingerprint density at radius 1 is 0.440 bits per heavy atom. The first-order valence-electron chi connectivity index (χ1n) is 28.8. The summed E-state index contributed by atoms with van der Waals surface area (Å²) in [5.74, 6) is -2.54. The molecular weight excluding hydrogens is 1110 g/mol. The van der Waals surface area contributed by atoms with Crippen molar-refractivity contribution in [1.29, 1.82) is 0 Å². The van der Waals surface area contributed by atoms with E-state index in [1.807, 2.05) is 121 Å². The smallest absolute Gasteiger partial charge is 0.251 e. The lowest BCUT2D eigenvalue weighted by Gasteiger charge is -2.30. The Kier molecular flexibility index (Phi) is 27.4. The van der Waals surface area contributed by atoms with E-state index in [1.165, 1.54) is 0 Å². The molecule has 2 aliphatic heterocycles. The number of hydrogen-bond acceptors (Lipinski definition) is 10. The highest BCUT2D eigenvalue weighted by molar-refractivity contribution is 5.98. The maximum Gasteiger partial charge on any atom is 0.251 e. The second-order valence-electron chi connectivity index (χ2n) is 21.1. The van der Waals surface area contributed by atoms with Crippen LogP contribution in [0, 0.1) is 0 Å². The number of benzene rings is 5. The van der Waals surface area contributed by atoms with Gasteiger partial charge in [0.15, 0.2) is 0 Å². The fraction of sp³-hybridized carbons (Fsp3) is 0.406. The first-order chi connectivity index (χ1) is 39.8. The van der Waals surface area contributed by atoms with Crippen molar-refractivity contribution >= 4 is 72.1 Å². The zero-order valence-electron chi connectivity index (χ0n) is 48.4. The summed E-state index contributed by atoms with van der Waals surface area (Å²) in [5.41, 5.74) is 4.37. The molecule has 0 saturated carbocycles. The maximum atomic E-state index is 14.3. The van der Waals surface area contributed by atoms with E-state index in [2.05, 4.69) is 42.5 Å². The number of carbonyl (C=O) groups is 8. The molecule has 0 spiro atoms. The number of hydrogen-bond donors (Lipinski definition) is 8. The number of amides is 8. The quantitative estimate of drug-likeness (QED) is 0.0260. The number of nitrogens with zero attached hydrogens (tertiary/aromatic N) is 2. The molecule has 84 heavy (non-hydrogen) atoms. The number of likely N-dealkylation sites (N-methyl/N-ethyl adjacent to an activating group) is 2. The van der Waals surface area contributed by atoms with E-state index in [1.54, 1.807) is 62.0 Å². The summed E-state index contributed by atoms with van der Waals surface area (Å²) >= 11 is 0.